The Morgan fingerprint density at radius 3 is 2.67 bits per heavy atom. The van der Waals surface area contributed by atoms with E-state index in [2.05, 4.69) is 15.2 Å². The number of ether oxygens (including phenoxy) is 1. The van der Waals surface area contributed by atoms with Crippen molar-refractivity contribution in [2.75, 3.05) is 18.9 Å². The molecule has 0 radical (unpaired) electrons. The van der Waals surface area contributed by atoms with Crippen molar-refractivity contribution in [1.29, 1.82) is 0 Å². The van der Waals surface area contributed by atoms with Crippen molar-refractivity contribution in [1.82, 2.24) is 10.5 Å². The second-order valence-electron chi connectivity index (χ2n) is 5.77. The lowest BCUT2D eigenvalue weighted by Crippen LogP contribution is -2.17. The SMILES string of the molecule is CCc1ccc(OC)c(S(=O)(=O)Nc2noc3ccc(C(=O)NC)cc23)c1. The van der Waals surface area contributed by atoms with E-state index < -0.39 is 10.0 Å². The molecule has 0 saturated carbocycles. The van der Waals surface area contributed by atoms with Gasteiger partial charge in [0.25, 0.3) is 15.9 Å². The van der Waals surface area contributed by atoms with E-state index in [4.69, 9.17) is 9.26 Å². The van der Waals surface area contributed by atoms with Gasteiger partial charge in [0.1, 0.15) is 10.6 Å². The van der Waals surface area contributed by atoms with Crippen LogP contribution in [0.15, 0.2) is 45.8 Å². The first-order chi connectivity index (χ1) is 12.9. The van der Waals surface area contributed by atoms with Gasteiger partial charge >= 0.3 is 0 Å². The van der Waals surface area contributed by atoms with Crippen LogP contribution in [0.25, 0.3) is 11.0 Å². The number of nitrogens with one attached hydrogen (secondary N) is 2. The fraction of sp³-hybridized carbons (Fsp3) is 0.222. The Labute approximate surface area is 156 Å². The molecule has 1 amide bonds. The van der Waals surface area contributed by atoms with Gasteiger partial charge in [-0.25, -0.2) is 8.42 Å². The highest BCUT2D eigenvalue weighted by Gasteiger charge is 2.23. The van der Waals surface area contributed by atoms with Gasteiger partial charge < -0.3 is 14.6 Å². The molecule has 0 bridgehead atoms. The van der Waals surface area contributed by atoms with Crippen LogP contribution in [0.4, 0.5) is 5.82 Å². The molecule has 1 heterocycles. The van der Waals surface area contributed by atoms with Gasteiger partial charge in [-0.3, -0.25) is 9.52 Å². The zero-order valence-electron chi connectivity index (χ0n) is 15.1. The Morgan fingerprint density at radius 1 is 1.22 bits per heavy atom. The minimum absolute atomic E-state index is 0.000271. The minimum Gasteiger partial charge on any atom is -0.495 e. The van der Waals surface area contributed by atoms with E-state index >= 15 is 0 Å². The fourth-order valence-corrected chi connectivity index (χ4v) is 3.87. The van der Waals surface area contributed by atoms with Gasteiger partial charge in [0.15, 0.2) is 11.4 Å². The molecule has 0 fully saturated rings. The summed E-state index contributed by atoms with van der Waals surface area (Å²) in [6, 6.07) is 9.61. The van der Waals surface area contributed by atoms with Crippen LogP contribution in [-0.2, 0) is 16.4 Å². The predicted octanol–water partition coefficient (Wildman–Crippen LogP) is 2.56. The van der Waals surface area contributed by atoms with Gasteiger partial charge in [0.05, 0.1) is 12.5 Å². The van der Waals surface area contributed by atoms with E-state index in [-0.39, 0.29) is 22.4 Å². The first-order valence-corrected chi connectivity index (χ1v) is 9.69. The first kappa shape index (κ1) is 18.7. The summed E-state index contributed by atoms with van der Waals surface area (Å²) in [6.07, 6.45) is 0.675. The fourth-order valence-electron chi connectivity index (χ4n) is 2.63. The van der Waals surface area contributed by atoms with Gasteiger partial charge in [-0.2, -0.15) is 0 Å². The van der Waals surface area contributed by atoms with Crippen LogP contribution in [0.2, 0.25) is 0 Å². The number of benzene rings is 2. The molecule has 0 saturated heterocycles. The van der Waals surface area contributed by atoms with Gasteiger partial charge in [-0.05, 0) is 42.3 Å². The molecule has 8 nitrogen and oxygen atoms in total. The topological polar surface area (TPSA) is 111 Å². The second-order valence-corrected chi connectivity index (χ2v) is 7.42. The summed E-state index contributed by atoms with van der Waals surface area (Å²) in [4.78, 5) is 11.8. The van der Waals surface area contributed by atoms with Crippen LogP contribution < -0.4 is 14.8 Å². The Hall–Kier alpha value is -3.07. The number of aryl methyl sites for hydroxylation is 1. The number of rotatable bonds is 6. The molecule has 3 aromatic rings. The molecule has 0 aliphatic heterocycles. The molecule has 9 heteroatoms. The number of anilines is 1. The number of hydrogen-bond acceptors (Lipinski definition) is 6. The molecule has 0 atom stereocenters. The monoisotopic (exact) mass is 389 g/mol. The lowest BCUT2D eigenvalue weighted by Gasteiger charge is -2.11. The normalized spacial score (nSPS) is 11.4. The Balaban J connectivity index is 2.05. The zero-order valence-corrected chi connectivity index (χ0v) is 15.9. The number of nitrogens with zero attached hydrogens (tertiary/aromatic N) is 1. The van der Waals surface area contributed by atoms with Crippen LogP contribution in [0.3, 0.4) is 0 Å². The molecule has 0 aliphatic carbocycles. The second kappa shape index (κ2) is 7.28. The molecule has 0 spiro atoms. The van der Waals surface area contributed by atoms with E-state index in [1.165, 1.54) is 20.2 Å². The summed E-state index contributed by atoms with van der Waals surface area (Å²) in [5.41, 5.74) is 1.57. The molecular formula is C18H19N3O5S. The average molecular weight is 389 g/mol. The molecule has 142 valence electrons. The molecule has 1 aromatic heterocycles. The van der Waals surface area contributed by atoms with Crippen molar-refractivity contribution < 1.29 is 22.5 Å². The summed E-state index contributed by atoms with van der Waals surface area (Å²) < 4.78 is 38.6. The third-order valence-electron chi connectivity index (χ3n) is 4.12. The lowest BCUT2D eigenvalue weighted by molar-refractivity contribution is 0.0963. The van der Waals surface area contributed by atoms with E-state index in [1.807, 2.05) is 6.92 Å². The number of aromatic nitrogens is 1. The molecule has 3 rings (SSSR count). The summed E-state index contributed by atoms with van der Waals surface area (Å²) in [5, 5.41) is 6.69. The molecule has 2 N–H and O–H groups in total. The third kappa shape index (κ3) is 3.59. The third-order valence-corrected chi connectivity index (χ3v) is 5.48. The maximum atomic E-state index is 12.9. The van der Waals surface area contributed by atoms with Gasteiger partial charge in [-0.1, -0.05) is 18.1 Å². The van der Waals surface area contributed by atoms with Crippen LogP contribution >= 0.6 is 0 Å². The predicted molar refractivity (Wildman–Crippen MR) is 101 cm³/mol. The van der Waals surface area contributed by atoms with Crippen LogP contribution in [0.5, 0.6) is 5.75 Å². The summed E-state index contributed by atoms with van der Waals surface area (Å²) in [7, 11) is -1.07. The minimum atomic E-state index is -3.99. The molecular weight excluding hydrogens is 370 g/mol. The van der Waals surface area contributed by atoms with Crippen molar-refractivity contribution >= 4 is 32.7 Å². The zero-order chi connectivity index (χ0) is 19.6. The molecule has 0 unspecified atom stereocenters. The van der Waals surface area contributed by atoms with Crippen LogP contribution in [-0.4, -0.2) is 33.6 Å². The van der Waals surface area contributed by atoms with E-state index in [1.54, 1.807) is 30.3 Å². The molecule has 0 aliphatic rings. The van der Waals surface area contributed by atoms with Gasteiger partial charge in [0, 0.05) is 12.6 Å². The van der Waals surface area contributed by atoms with Crippen molar-refractivity contribution in [3.8, 4) is 5.75 Å². The average Bonchev–Trinajstić information content (AvgIpc) is 3.08. The van der Waals surface area contributed by atoms with Crippen molar-refractivity contribution in [2.24, 2.45) is 0 Å². The van der Waals surface area contributed by atoms with Crippen molar-refractivity contribution in [3.05, 3.63) is 47.5 Å². The summed E-state index contributed by atoms with van der Waals surface area (Å²) in [6.45, 7) is 1.93. The Morgan fingerprint density at radius 2 is 2.00 bits per heavy atom. The number of amides is 1. The number of fused-ring (bicyclic) bond motifs is 1. The summed E-state index contributed by atoms with van der Waals surface area (Å²) in [5.74, 6) is -0.0810. The number of methoxy groups -OCH3 is 1. The number of sulfonamides is 1. The Bertz CT molecular complexity index is 1110. The molecule has 2 aromatic carbocycles. The standard InChI is InChI=1S/C18H19N3O5S/c1-4-11-5-7-15(25-3)16(9-11)27(23,24)21-17-13-10-12(18(22)19-2)6-8-14(13)26-20-17/h5-10H,4H2,1-3H3,(H,19,22)(H,20,21). The van der Waals surface area contributed by atoms with Crippen molar-refractivity contribution in [3.63, 3.8) is 0 Å². The van der Waals surface area contributed by atoms with E-state index in [0.29, 0.717) is 23.0 Å². The summed E-state index contributed by atoms with van der Waals surface area (Å²) >= 11 is 0. The first-order valence-electron chi connectivity index (χ1n) is 8.21. The quantitative estimate of drug-likeness (QED) is 0.670. The highest BCUT2D eigenvalue weighted by Crippen LogP contribution is 2.30. The lowest BCUT2D eigenvalue weighted by atomic mass is 10.1. The number of carbonyl (C=O) groups excluding carboxylic acids is 1. The molecule has 27 heavy (non-hydrogen) atoms. The number of hydrogen-bond donors (Lipinski definition) is 2. The maximum absolute atomic E-state index is 12.9. The highest BCUT2D eigenvalue weighted by atomic mass is 32.2. The van der Waals surface area contributed by atoms with Crippen LogP contribution in [0.1, 0.15) is 22.8 Å². The van der Waals surface area contributed by atoms with Crippen LogP contribution in [0, 0.1) is 0 Å². The van der Waals surface area contributed by atoms with Gasteiger partial charge in [-0.15, -0.1) is 0 Å². The van der Waals surface area contributed by atoms with Gasteiger partial charge in [0.2, 0.25) is 0 Å². The van der Waals surface area contributed by atoms with Crippen molar-refractivity contribution in [2.45, 2.75) is 18.2 Å². The highest BCUT2D eigenvalue weighted by molar-refractivity contribution is 7.92. The smallest absolute Gasteiger partial charge is 0.266 e. The number of carbonyl (C=O) groups is 1. The largest absolute Gasteiger partial charge is 0.495 e. The Kier molecular flexibility index (Phi) is 5.04. The van der Waals surface area contributed by atoms with E-state index in [9.17, 15) is 13.2 Å². The van der Waals surface area contributed by atoms with E-state index in [0.717, 1.165) is 5.56 Å². The maximum Gasteiger partial charge on any atom is 0.266 e.